The van der Waals surface area contributed by atoms with Crippen LogP contribution in [0.4, 0.5) is 0 Å². The number of carbonyl (C=O) groups excluding carboxylic acids is 1. The molecule has 3 rings (SSSR count). The van der Waals surface area contributed by atoms with E-state index in [0.717, 1.165) is 0 Å². The van der Waals surface area contributed by atoms with Gasteiger partial charge in [0.2, 0.25) is 5.91 Å². The minimum Gasteiger partial charge on any atom is -0.355 e. The molecule has 1 aromatic heterocycles. The molecule has 7 heteroatoms. The molecule has 2 aromatic rings. The lowest BCUT2D eigenvalue weighted by Crippen LogP contribution is -2.37. The van der Waals surface area contributed by atoms with Crippen LogP contribution in [0.5, 0.6) is 0 Å². The van der Waals surface area contributed by atoms with Gasteiger partial charge < -0.3 is 5.32 Å². The molecule has 1 unspecified atom stereocenters. The maximum absolute atomic E-state index is 12.8. The van der Waals surface area contributed by atoms with Crippen molar-refractivity contribution in [2.75, 3.05) is 13.1 Å². The maximum atomic E-state index is 12.8. The zero-order valence-corrected chi connectivity index (χ0v) is 14.4. The molecule has 2 heterocycles. The van der Waals surface area contributed by atoms with Crippen LogP contribution in [-0.2, 0) is 21.4 Å². The van der Waals surface area contributed by atoms with Crippen molar-refractivity contribution in [2.45, 2.75) is 30.8 Å². The highest BCUT2D eigenvalue weighted by Crippen LogP contribution is 2.19. The van der Waals surface area contributed by atoms with Gasteiger partial charge in [0.25, 0.3) is 10.0 Å². The third-order valence-electron chi connectivity index (χ3n) is 4.30. The van der Waals surface area contributed by atoms with E-state index >= 15 is 0 Å². The molecule has 1 aliphatic rings. The van der Waals surface area contributed by atoms with Crippen molar-refractivity contribution in [3.05, 3.63) is 54.4 Å². The number of hydrogen-bond acceptors (Lipinski definition) is 4. The highest BCUT2D eigenvalue weighted by molar-refractivity contribution is 7.90. The number of hydrogen-bond donors (Lipinski definition) is 1. The summed E-state index contributed by atoms with van der Waals surface area (Å²) in [6.07, 6.45) is 2.00. The molecule has 0 aliphatic carbocycles. The first-order valence-electron chi connectivity index (χ1n) is 7.96. The molecule has 1 aliphatic heterocycles. The second-order valence-corrected chi connectivity index (χ2v) is 7.80. The Labute approximate surface area is 142 Å². The summed E-state index contributed by atoms with van der Waals surface area (Å²) in [4.78, 5) is 13.9. The van der Waals surface area contributed by atoms with Gasteiger partial charge in [-0.15, -0.1) is 0 Å². The second-order valence-electron chi connectivity index (χ2n) is 5.99. The van der Waals surface area contributed by atoms with Crippen molar-refractivity contribution in [1.82, 2.24) is 14.2 Å². The van der Waals surface area contributed by atoms with Gasteiger partial charge in [-0.1, -0.05) is 18.2 Å². The Kier molecular flexibility index (Phi) is 4.73. The zero-order valence-electron chi connectivity index (χ0n) is 13.6. The van der Waals surface area contributed by atoms with Gasteiger partial charge in [0.15, 0.2) is 0 Å². The van der Waals surface area contributed by atoms with Crippen LogP contribution in [0.1, 0.15) is 19.0 Å². The summed E-state index contributed by atoms with van der Waals surface area (Å²) in [5, 5.41) is 2.87. The summed E-state index contributed by atoms with van der Waals surface area (Å²) < 4.78 is 27.0. The summed E-state index contributed by atoms with van der Waals surface area (Å²) in [6, 6.07) is 12.1. The third-order valence-corrected chi connectivity index (χ3v) is 6.04. The molecular formula is C17H21N3O3S. The minimum atomic E-state index is -3.61. The third kappa shape index (κ3) is 3.37. The highest BCUT2D eigenvalue weighted by atomic mass is 32.2. The van der Waals surface area contributed by atoms with Crippen molar-refractivity contribution >= 4 is 15.9 Å². The number of benzene rings is 1. The van der Waals surface area contributed by atoms with Crippen LogP contribution in [-0.4, -0.2) is 42.3 Å². The predicted octanol–water partition coefficient (Wildman–Crippen LogP) is 1.44. The van der Waals surface area contributed by atoms with E-state index in [-0.39, 0.29) is 16.8 Å². The Morgan fingerprint density at radius 1 is 1.17 bits per heavy atom. The lowest BCUT2D eigenvalue weighted by atomic mass is 10.2. The van der Waals surface area contributed by atoms with Crippen molar-refractivity contribution in [3.63, 3.8) is 0 Å². The van der Waals surface area contributed by atoms with E-state index in [1.807, 2.05) is 13.0 Å². The number of nitrogens with zero attached hydrogens (tertiary/aromatic N) is 2. The van der Waals surface area contributed by atoms with E-state index in [9.17, 15) is 13.2 Å². The molecule has 128 valence electrons. The van der Waals surface area contributed by atoms with Gasteiger partial charge in [-0.25, -0.2) is 12.4 Å². The Morgan fingerprint density at radius 3 is 2.67 bits per heavy atom. The van der Waals surface area contributed by atoms with Crippen LogP contribution in [0.25, 0.3) is 0 Å². The average Bonchev–Trinajstić information content (AvgIpc) is 3.00. The molecule has 1 saturated heterocycles. The van der Waals surface area contributed by atoms with Gasteiger partial charge in [-0.05, 0) is 31.2 Å². The fraction of sp³-hybridized carbons (Fsp3) is 0.353. The van der Waals surface area contributed by atoms with Crippen molar-refractivity contribution < 1.29 is 13.2 Å². The van der Waals surface area contributed by atoms with E-state index in [1.54, 1.807) is 42.6 Å². The molecule has 1 aromatic carbocycles. The molecule has 0 saturated carbocycles. The molecule has 0 bridgehead atoms. The summed E-state index contributed by atoms with van der Waals surface area (Å²) in [5.74, 6) is 0.0386. The molecule has 1 N–H and O–H groups in total. The van der Waals surface area contributed by atoms with Crippen LogP contribution in [0.2, 0.25) is 0 Å². The fourth-order valence-electron chi connectivity index (χ4n) is 2.85. The zero-order chi connectivity index (χ0) is 17.2. The number of amides is 1. The minimum absolute atomic E-state index is 0.0386. The summed E-state index contributed by atoms with van der Waals surface area (Å²) >= 11 is 0. The quantitative estimate of drug-likeness (QED) is 0.908. The summed E-state index contributed by atoms with van der Waals surface area (Å²) in [6.45, 7) is 3.70. The van der Waals surface area contributed by atoms with Crippen LogP contribution in [0.3, 0.4) is 0 Å². The SMILES string of the molecule is CC1CNC(=O)CCN1Cc1cccn1S(=O)(=O)c1ccccc1. The molecular weight excluding hydrogens is 326 g/mol. The number of nitrogens with one attached hydrogen (secondary N) is 1. The van der Waals surface area contributed by atoms with Crippen molar-refractivity contribution in [1.29, 1.82) is 0 Å². The highest BCUT2D eigenvalue weighted by Gasteiger charge is 2.24. The number of rotatable bonds is 4. The first-order chi connectivity index (χ1) is 11.5. The standard InChI is InChI=1S/C17H21N3O3S/c1-14-12-18-17(21)9-11-19(14)13-15-6-5-10-20(15)24(22,23)16-7-3-2-4-8-16/h2-8,10,14H,9,11-13H2,1H3,(H,18,21). The van der Waals surface area contributed by atoms with Gasteiger partial charge in [0.05, 0.1) is 4.90 Å². The molecule has 6 nitrogen and oxygen atoms in total. The van der Waals surface area contributed by atoms with E-state index < -0.39 is 10.0 Å². The van der Waals surface area contributed by atoms with Gasteiger partial charge >= 0.3 is 0 Å². The van der Waals surface area contributed by atoms with E-state index in [1.165, 1.54) is 3.97 Å². The largest absolute Gasteiger partial charge is 0.355 e. The predicted molar refractivity (Wildman–Crippen MR) is 91.0 cm³/mol. The topological polar surface area (TPSA) is 71.4 Å². The molecule has 1 atom stereocenters. The van der Waals surface area contributed by atoms with E-state index in [4.69, 9.17) is 0 Å². The summed E-state index contributed by atoms with van der Waals surface area (Å²) in [7, 11) is -3.61. The monoisotopic (exact) mass is 347 g/mol. The Bertz CT molecular complexity index is 815. The van der Waals surface area contributed by atoms with Gasteiger partial charge in [-0.3, -0.25) is 9.69 Å². The molecule has 1 amide bonds. The molecule has 0 radical (unpaired) electrons. The average molecular weight is 347 g/mol. The fourth-order valence-corrected chi connectivity index (χ4v) is 4.24. The lowest BCUT2D eigenvalue weighted by molar-refractivity contribution is -0.120. The van der Waals surface area contributed by atoms with Crippen LogP contribution < -0.4 is 5.32 Å². The first-order valence-corrected chi connectivity index (χ1v) is 9.40. The molecule has 0 spiro atoms. The molecule has 24 heavy (non-hydrogen) atoms. The van der Waals surface area contributed by atoms with E-state index in [2.05, 4.69) is 10.2 Å². The first kappa shape index (κ1) is 16.7. The normalized spacial score (nSPS) is 19.7. The smallest absolute Gasteiger partial charge is 0.267 e. The van der Waals surface area contributed by atoms with Gasteiger partial charge in [0.1, 0.15) is 0 Å². The van der Waals surface area contributed by atoms with Crippen molar-refractivity contribution in [2.24, 2.45) is 0 Å². The van der Waals surface area contributed by atoms with Crippen molar-refractivity contribution in [3.8, 4) is 0 Å². The summed E-state index contributed by atoms with van der Waals surface area (Å²) in [5.41, 5.74) is 0.694. The Balaban J connectivity index is 1.87. The molecule has 1 fully saturated rings. The lowest BCUT2D eigenvalue weighted by Gasteiger charge is -2.26. The second kappa shape index (κ2) is 6.78. The Morgan fingerprint density at radius 2 is 1.92 bits per heavy atom. The Hall–Kier alpha value is -2.12. The van der Waals surface area contributed by atoms with Crippen LogP contribution >= 0.6 is 0 Å². The maximum Gasteiger partial charge on any atom is 0.267 e. The van der Waals surface area contributed by atoms with Crippen LogP contribution in [0.15, 0.2) is 53.6 Å². The number of carbonyl (C=O) groups is 1. The van der Waals surface area contributed by atoms with Crippen LogP contribution in [0, 0.1) is 0 Å². The van der Waals surface area contributed by atoms with Gasteiger partial charge in [0, 0.05) is 44.0 Å². The van der Waals surface area contributed by atoms with E-state index in [0.29, 0.717) is 31.7 Å². The number of aromatic nitrogens is 1. The van der Waals surface area contributed by atoms with Gasteiger partial charge in [-0.2, -0.15) is 0 Å².